The Morgan fingerprint density at radius 3 is 2.83 bits per heavy atom. The maximum atomic E-state index is 11.5. The molecule has 1 aromatic heterocycles. The van der Waals surface area contributed by atoms with Crippen LogP contribution in [0.25, 0.3) is 11.0 Å². The van der Waals surface area contributed by atoms with E-state index in [9.17, 15) is 4.79 Å². The maximum Gasteiger partial charge on any atom is 0.347 e. The second-order valence-electron chi connectivity index (χ2n) is 4.00. The van der Waals surface area contributed by atoms with Crippen molar-refractivity contribution >= 4 is 16.9 Å². The molecule has 2 aromatic rings. The maximum absolute atomic E-state index is 11.5. The monoisotopic (exact) mass is 248 g/mol. The van der Waals surface area contributed by atoms with E-state index in [1.54, 1.807) is 13.8 Å². The molecule has 0 aliphatic carbocycles. The van der Waals surface area contributed by atoms with Gasteiger partial charge in [-0.25, -0.2) is 4.79 Å². The van der Waals surface area contributed by atoms with Crippen LogP contribution in [-0.4, -0.2) is 18.7 Å². The highest BCUT2D eigenvalue weighted by Gasteiger charge is 2.20. The van der Waals surface area contributed by atoms with Crippen molar-refractivity contribution in [2.45, 2.75) is 26.9 Å². The third-order valence-electron chi connectivity index (χ3n) is 2.63. The van der Waals surface area contributed by atoms with Crippen molar-refractivity contribution in [3.63, 3.8) is 0 Å². The predicted molar refractivity (Wildman–Crippen MR) is 67.7 cm³/mol. The quantitative estimate of drug-likeness (QED) is 0.780. The number of rotatable bonds is 4. The number of hydrogen-bond donors (Lipinski definition) is 0. The Morgan fingerprint density at radius 2 is 2.11 bits per heavy atom. The summed E-state index contributed by atoms with van der Waals surface area (Å²) in [4.78, 5) is 11.5. The molecule has 1 atom stereocenters. The molecule has 96 valence electrons. The minimum atomic E-state index is -0.648. The van der Waals surface area contributed by atoms with Gasteiger partial charge in [-0.1, -0.05) is 12.1 Å². The number of carbonyl (C=O) groups is 1. The number of para-hydroxylation sites is 1. The fraction of sp³-hybridized carbons (Fsp3) is 0.357. The van der Waals surface area contributed by atoms with Crippen LogP contribution in [0.1, 0.15) is 19.6 Å². The number of carbonyl (C=O) groups excluding carboxylic acids is 1. The van der Waals surface area contributed by atoms with Crippen molar-refractivity contribution < 1.29 is 18.7 Å². The molecule has 1 aromatic carbocycles. The average Bonchev–Trinajstić information content (AvgIpc) is 2.66. The van der Waals surface area contributed by atoms with Crippen LogP contribution in [0.15, 0.2) is 28.7 Å². The number of aryl methyl sites for hydroxylation is 1. The molecule has 0 fully saturated rings. The van der Waals surface area contributed by atoms with Gasteiger partial charge in [0.05, 0.1) is 12.0 Å². The van der Waals surface area contributed by atoms with Gasteiger partial charge in [-0.3, -0.25) is 0 Å². The fourth-order valence-electron chi connectivity index (χ4n) is 1.78. The van der Waals surface area contributed by atoms with E-state index in [0.29, 0.717) is 18.1 Å². The smallest absolute Gasteiger partial charge is 0.347 e. The summed E-state index contributed by atoms with van der Waals surface area (Å²) < 4.78 is 16.1. The van der Waals surface area contributed by atoms with Crippen LogP contribution < -0.4 is 4.74 Å². The summed E-state index contributed by atoms with van der Waals surface area (Å²) in [6.45, 7) is 5.59. The van der Waals surface area contributed by atoms with Crippen molar-refractivity contribution in [1.29, 1.82) is 0 Å². The number of ether oxygens (including phenoxy) is 2. The van der Waals surface area contributed by atoms with E-state index >= 15 is 0 Å². The molecule has 0 saturated carbocycles. The zero-order valence-electron chi connectivity index (χ0n) is 10.7. The molecule has 0 bridgehead atoms. The van der Waals surface area contributed by atoms with Crippen LogP contribution in [-0.2, 0) is 9.53 Å². The fourth-order valence-corrected chi connectivity index (χ4v) is 1.78. The third-order valence-corrected chi connectivity index (χ3v) is 2.63. The van der Waals surface area contributed by atoms with Gasteiger partial charge in [-0.05, 0) is 32.9 Å². The highest BCUT2D eigenvalue weighted by atomic mass is 16.6. The molecule has 1 unspecified atom stereocenters. The molecule has 0 amide bonds. The summed E-state index contributed by atoms with van der Waals surface area (Å²) in [6.07, 6.45) is -0.648. The molecular weight excluding hydrogens is 232 g/mol. The first-order valence-corrected chi connectivity index (χ1v) is 5.95. The lowest BCUT2D eigenvalue weighted by Gasteiger charge is -2.12. The van der Waals surface area contributed by atoms with Crippen LogP contribution in [0.3, 0.4) is 0 Å². The highest BCUT2D eigenvalue weighted by molar-refractivity contribution is 5.86. The van der Waals surface area contributed by atoms with Gasteiger partial charge in [0.25, 0.3) is 0 Å². The Bertz CT molecular complexity index is 556. The molecule has 18 heavy (non-hydrogen) atoms. The van der Waals surface area contributed by atoms with Gasteiger partial charge in [0.1, 0.15) is 11.3 Å². The molecule has 0 aliphatic rings. The zero-order chi connectivity index (χ0) is 13.1. The van der Waals surface area contributed by atoms with Gasteiger partial charge < -0.3 is 13.9 Å². The molecule has 0 N–H and O–H groups in total. The molecule has 0 spiro atoms. The summed E-state index contributed by atoms with van der Waals surface area (Å²) in [5, 5.41) is 0.867. The van der Waals surface area contributed by atoms with Gasteiger partial charge in [0, 0.05) is 0 Å². The van der Waals surface area contributed by atoms with Crippen molar-refractivity contribution in [1.82, 2.24) is 0 Å². The lowest BCUT2D eigenvalue weighted by Crippen LogP contribution is -2.26. The topological polar surface area (TPSA) is 48.7 Å². The molecule has 4 heteroatoms. The van der Waals surface area contributed by atoms with Crippen molar-refractivity contribution in [3.8, 4) is 5.75 Å². The Balaban J connectivity index is 2.26. The largest absolute Gasteiger partial charge is 0.475 e. The molecule has 0 aliphatic heterocycles. The zero-order valence-corrected chi connectivity index (χ0v) is 10.7. The Morgan fingerprint density at radius 1 is 1.39 bits per heavy atom. The number of hydrogen-bond acceptors (Lipinski definition) is 4. The average molecular weight is 248 g/mol. The molecular formula is C14H16O4. The van der Waals surface area contributed by atoms with Crippen LogP contribution in [0.4, 0.5) is 0 Å². The van der Waals surface area contributed by atoms with Gasteiger partial charge in [0.15, 0.2) is 11.9 Å². The van der Waals surface area contributed by atoms with E-state index in [1.165, 1.54) is 0 Å². The first-order valence-electron chi connectivity index (χ1n) is 5.95. The van der Waals surface area contributed by atoms with Crippen LogP contribution in [0, 0.1) is 6.92 Å². The van der Waals surface area contributed by atoms with Crippen molar-refractivity contribution in [2.24, 2.45) is 0 Å². The standard InChI is InChI=1S/C14H16O4/c1-4-16-14(15)10(3)18-13-9(2)17-12-8-6-5-7-11(12)13/h5-8,10H,4H2,1-3H3. The Kier molecular flexibility index (Phi) is 3.55. The second kappa shape index (κ2) is 5.12. The van der Waals surface area contributed by atoms with Crippen LogP contribution in [0.2, 0.25) is 0 Å². The summed E-state index contributed by atoms with van der Waals surface area (Å²) in [6, 6.07) is 7.56. The number of fused-ring (bicyclic) bond motifs is 1. The summed E-state index contributed by atoms with van der Waals surface area (Å²) in [5.41, 5.74) is 0.751. The van der Waals surface area contributed by atoms with Crippen molar-refractivity contribution in [3.05, 3.63) is 30.0 Å². The number of esters is 1. The molecule has 0 saturated heterocycles. The summed E-state index contributed by atoms with van der Waals surface area (Å²) in [5.74, 6) is 0.890. The first-order chi connectivity index (χ1) is 8.63. The minimum Gasteiger partial charge on any atom is -0.475 e. The highest BCUT2D eigenvalue weighted by Crippen LogP contribution is 2.33. The number of benzene rings is 1. The van der Waals surface area contributed by atoms with Crippen LogP contribution >= 0.6 is 0 Å². The van der Waals surface area contributed by atoms with Crippen LogP contribution in [0.5, 0.6) is 5.75 Å². The van der Waals surface area contributed by atoms with E-state index in [2.05, 4.69) is 0 Å². The predicted octanol–water partition coefficient (Wildman–Crippen LogP) is 3.07. The normalized spacial score (nSPS) is 12.4. The minimum absolute atomic E-state index is 0.345. The molecule has 4 nitrogen and oxygen atoms in total. The molecule has 2 rings (SSSR count). The molecule has 0 radical (unpaired) electrons. The van der Waals surface area contributed by atoms with E-state index in [0.717, 1.165) is 11.0 Å². The van der Waals surface area contributed by atoms with E-state index in [4.69, 9.17) is 13.9 Å². The molecule has 1 heterocycles. The lowest BCUT2D eigenvalue weighted by molar-refractivity contribution is -0.150. The number of furan rings is 1. The lowest BCUT2D eigenvalue weighted by atomic mass is 10.2. The second-order valence-corrected chi connectivity index (χ2v) is 4.00. The summed E-state index contributed by atoms with van der Waals surface area (Å²) >= 11 is 0. The van der Waals surface area contributed by atoms with E-state index in [1.807, 2.05) is 31.2 Å². The van der Waals surface area contributed by atoms with E-state index < -0.39 is 6.10 Å². The van der Waals surface area contributed by atoms with Gasteiger partial charge in [-0.2, -0.15) is 0 Å². The van der Waals surface area contributed by atoms with Gasteiger partial charge >= 0.3 is 5.97 Å². The van der Waals surface area contributed by atoms with Gasteiger partial charge in [-0.15, -0.1) is 0 Å². The Labute approximate surface area is 105 Å². The van der Waals surface area contributed by atoms with E-state index in [-0.39, 0.29) is 5.97 Å². The van der Waals surface area contributed by atoms with Gasteiger partial charge in [0.2, 0.25) is 0 Å². The Hall–Kier alpha value is -1.97. The third kappa shape index (κ3) is 2.32. The van der Waals surface area contributed by atoms with Crippen molar-refractivity contribution in [2.75, 3.05) is 6.61 Å². The SMILES string of the molecule is CCOC(=O)C(C)Oc1c(C)oc2ccccc12. The first kappa shape index (κ1) is 12.5. The summed E-state index contributed by atoms with van der Waals surface area (Å²) in [7, 11) is 0.